The van der Waals surface area contributed by atoms with E-state index in [1.54, 1.807) is 0 Å². The fourth-order valence-electron chi connectivity index (χ4n) is 0.906. The molecule has 13 heavy (non-hydrogen) atoms. The Morgan fingerprint density at radius 1 is 0.923 bits per heavy atom. The maximum Gasteiger partial charge on any atom is 0.161 e. The summed E-state index contributed by atoms with van der Waals surface area (Å²) in [6.45, 7) is 8.08. The number of hydrogen-bond acceptors (Lipinski definition) is 3. The molecule has 0 saturated carbocycles. The van der Waals surface area contributed by atoms with E-state index in [1.165, 1.54) is 12.1 Å². The van der Waals surface area contributed by atoms with Gasteiger partial charge in [0.15, 0.2) is 19.5 Å². The minimum atomic E-state index is -0.190. The molecular formula is C8H23NO2Si2. The van der Waals surface area contributed by atoms with Gasteiger partial charge in [0.2, 0.25) is 0 Å². The van der Waals surface area contributed by atoms with Crippen LogP contribution < -0.4 is 5.32 Å². The van der Waals surface area contributed by atoms with Gasteiger partial charge in [-0.1, -0.05) is 13.8 Å². The summed E-state index contributed by atoms with van der Waals surface area (Å²) in [5.74, 6) is 0. The van der Waals surface area contributed by atoms with Crippen molar-refractivity contribution >= 4 is 19.5 Å². The molecule has 0 aromatic heterocycles. The van der Waals surface area contributed by atoms with Gasteiger partial charge >= 0.3 is 0 Å². The average Bonchev–Trinajstić information content (AvgIpc) is 2.16. The highest BCUT2D eigenvalue weighted by Crippen LogP contribution is 1.77. The molecule has 0 rings (SSSR count). The summed E-state index contributed by atoms with van der Waals surface area (Å²) in [6.07, 6.45) is 0. The molecule has 1 N–H and O–H groups in total. The van der Waals surface area contributed by atoms with E-state index in [4.69, 9.17) is 8.85 Å². The molecule has 0 heterocycles. The normalized spacial score (nSPS) is 12.5. The van der Waals surface area contributed by atoms with Crippen molar-refractivity contribution in [1.29, 1.82) is 0 Å². The highest BCUT2D eigenvalue weighted by atomic mass is 28.2. The summed E-state index contributed by atoms with van der Waals surface area (Å²) >= 11 is 0. The fourth-order valence-corrected chi connectivity index (χ4v) is 2.18. The summed E-state index contributed by atoms with van der Waals surface area (Å²) in [5.41, 5.74) is 0. The molecule has 0 aliphatic rings. The van der Waals surface area contributed by atoms with Gasteiger partial charge < -0.3 is 14.2 Å². The number of rotatable bonds is 10. The highest BCUT2D eigenvalue weighted by molar-refractivity contribution is 6.27. The Labute approximate surface area is 86.5 Å². The van der Waals surface area contributed by atoms with E-state index in [-0.39, 0.29) is 19.5 Å². The largest absolute Gasteiger partial charge is 0.423 e. The van der Waals surface area contributed by atoms with Crippen LogP contribution in [0.5, 0.6) is 0 Å². The topological polar surface area (TPSA) is 30.5 Å². The lowest BCUT2D eigenvalue weighted by Gasteiger charge is -2.05. The second-order valence-electron chi connectivity index (χ2n) is 2.97. The van der Waals surface area contributed by atoms with Crippen LogP contribution in [0.4, 0.5) is 0 Å². The second kappa shape index (κ2) is 12.3. The standard InChI is InChI=1S/C8H23NO2Si2/c1-3-12-10-7-5-9-6-8-11-13-4-2/h9H,3-8,12-13H2,1-2H3. The summed E-state index contributed by atoms with van der Waals surface area (Å²) < 4.78 is 10.9. The molecule has 0 bridgehead atoms. The van der Waals surface area contributed by atoms with E-state index in [1.807, 2.05) is 0 Å². The molecule has 0 saturated heterocycles. The lowest BCUT2D eigenvalue weighted by molar-refractivity contribution is 0.304. The van der Waals surface area contributed by atoms with E-state index < -0.39 is 0 Å². The Morgan fingerprint density at radius 2 is 1.38 bits per heavy atom. The molecule has 0 atom stereocenters. The van der Waals surface area contributed by atoms with Gasteiger partial charge in [-0.2, -0.15) is 0 Å². The molecule has 0 aliphatic carbocycles. The van der Waals surface area contributed by atoms with Crippen molar-refractivity contribution in [3.63, 3.8) is 0 Å². The van der Waals surface area contributed by atoms with Gasteiger partial charge in [0, 0.05) is 26.3 Å². The maximum atomic E-state index is 5.45. The Morgan fingerprint density at radius 3 is 1.77 bits per heavy atom. The zero-order valence-corrected chi connectivity index (χ0v) is 11.8. The minimum absolute atomic E-state index is 0.190. The van der Waals surface area contributed by atoms with Crippen LogP contribution in [0, 0.1) is 0 Å². The third-order valence-corrected chi connectivity index (χ3v) is 3.51. The molecule has 0 radical (unpaired) electrons. The number of nitrogens with one attached hydrogen (secondary N) is 1. The molecule has 0 aromatic rings. The lowest BCUT2D eigenvalue weighted by atomic mass is 10.6. The van der Waals surface area contributed by atoms with Crippen molar-refractivity contribution in [3.8, 4) is 0 Å². The first-order chi connectivity index (χ1) is 6.41. The van der Waals surface area contributed by atoms with Crippen LogP contribution in [0.3, 0.4) is 0 Å². The van der Waals surface area contributed by atoms with Crippen molar-refractivity contribution in [2.45, 2.75) is 25.9 Å². The molecule has 3 nitrogen and oxygen atoms in total. The van der Waals surface area contributed by atoms with Gasteiger partial charge in [-0.3, -0.25) is 0 Å². The summed E-state index contributed by atoms with van der Waals surface area (Å²) in [4.78, 5) is 0. The minimum Gasteiger partial charge on any atom is -0.423 e. The van der Waals surface area contributed by atoms with Gasteiger partial charge in [0.1, 0.15) is 0 Å². The first kappa shape index (κ1) is 13.3. The SMILES string of the molecule is CC[SiH2]OCCNCCO[SiH2]CC. The summed E-state index contributed by atoms with van der Waals surface area (Å²) in [5, 5.41) is 3.30. The lowest BCUT2D eigenvalue weighted by Crippen LogP contribution is -2.24. The first-order valence-electron chi connectivity index (χ1n) is 5.28. The molecule has 0 unspecified atom stereocenters. The van der Waals surface area contributed by atoms with Gasteiger partial charge in [0.05, 0.1) is 0 Å². The van der Waals surface area contributed by atoms with Crippen molar-refractivity contribution in [2.75, 3.05) is 26.3 Å². The van der Waals surface area contributed by atoms with Crippen LogP contribution >= 0.6 is 0 Å². The van der Waals surface area contributed by atoms with E-state index in [0.29, 0.717) is 0 Å². The molecule has 80 valence electrons. The van der Waals surface area contributed by atoms with E-state index in [0.717, 1.165) is 26.3 Å². The van der Waals surface area contributed by atoms with E-state index in [9.17, 15) is 0 Å². The quantitative estimate of drug-likeness (QED) is 0.404. The van der Waals surface area contributed by atoms with E-state index >= 15 is 0 Å². The van der Waals surface area contributed by atoms with Crippen LogP contribution in [0.15, 0.2) is 0 Å². The van der Waals surface area contributed by atoms with Crippen molar-refractivity contribution in [3.05, 3.63) is 0 Å². The Hall–Kier alpha value is 0.314. The van der Waals surface area contributed by atoms with E-state index in [2.05, 4.69) is 19.2 Å². The smallest absolute Gasteiger partial charge is 0.161 e. The zero-order valence-electron chi connectivity index (χ0n) is 8.97. The second-order valence-corrected chi connectivity index (χ2v) is 6.61. The van der Waals surface area contributed by atoms with Crippen LogP contribution in [0.1, 0.15) is 13.8 Å². The van der Waals surface area contributed by atoms with Gasteiger partial charge in [-0.15, -0.1) is 0 Å². The Balaban J connectivity index is 2.76. The Bertz CT molecular complexity index is 86.2. The maximum absolute atomic E-state index is 5.45. The third-order valence-electron chi connectivity index (χ3n) is 1.54. The van der Waals surface area contributed by atoms with Crippen LogP contribution in [0.25, 0.3) is 0 Å². The van der Waals surface area contributed by atoms with Crippen LogP contribution in [0.2, 0.25) is 12.1 Å². The fraction of sp³-hybridized carbons (Fsp3) is 1.00. The molecule has 0 spiro atoms. The first-order valence-corrected chi connectivity index (χ1v) is 8.43. The van der Waals surface area contributed by atoms with Crippen LogP contribution in [-0.2, 0) is 8.85 Å². The molecule has 5 heteroatoms. The highest BCUT2D eigenvalue weighted by Gasteiger charge is 1.88. The van der Waals surface area contributed by atoms with Gasteiger partial charge in [-0.25, -0.2) is 0 Å². The van der Waals surface area contributed by atoms with Crippen LogP contribution in [-0.4, -0.2) is 45.8 Å². The molecule has 0 fully saturated rings. The molecule has 0 amide bonds. The monoisotopic (exact) mass is 221 g/mol. The summed E-state index contributed by atoms with van der Waals surface area (Å²) in [6, 6.07) is 2.48. The number of hydrogen-bond donors (Lipinski definition) is 1. The third kappa shape index (κ3) is 12.3. The Kier molecular flexibility index (Phi) is 12.6. The van der Waals surface area contributed by atoms with Crippen molar-refractivity contribution in [1.82, 2.24) is 5.32 Å². The van der Waals surface area contributed by atoms with Gasteiger partial charge in [0.25, 0.3) is 0 Å². The predicted octanol–water partition coefficient (Wildman–Crippen LogP) is -0.347. The molecule has 0 aliphatic heterocycles. The van der Waals surface area contributed by atoms with Gasteiger partial charge in [-0.05, 0) is 12.1 Å². The zero-order chi connectivity index (χ0) is 9.78. The average molecular weight is 221 g/mol. The summed E-state index contributed by atoms with van der Waals surface area (Å²) in [7, 11) is -0.381. The predicted molar refractivity (Wildman–Crippen MR) is 62.8 cm³/mol. The van der Waals surface area contributed by atoms with Crippen molar-refractivity contribution < 1.29 is 8.85 Å². The van der Waals surface area contributed by atoms with Crippen molar-refractivity contribution in [2.24, 2.45) is 0 Å². The molecule has 0 aromatic carbocycles. The molecular weight excluding hydrogens is 198 g/mol.